The molecule has 0 unspecified atom stereocenters. The fourth-order valence-electron chi connectivity index (χ4n) is 2.35. The van der Waals surface area contributed by atoms with E-state index in [2.05, 4.69) is 12.2 Å². The molecular formula is C15H19NO4. The Labute approximate surface area is 117 Å². The molecule has 1 heterocycles. The molecule has 1 aromatic carbocycles. The van der Waals surface area contributed by atoms with Gasteiger partial charge in [-0.05, 0) is 30.9 Å². The van der Waals surface area contributed by atoms with E-state index in [0.717, 1.165) is 24.1 Å². The lowest BCUT2D eigenvalue weighted by molar-refractivity contribution is -0.150. The zero-order chi connectivity index (χ0) is 14.5. The summed E-state index contributed by atoms with van der Waals surface area (Å²) in [5.41, 5.74) is 1.86. The van der Waals surface area contributed by atoms with Crippen LogP contribution in [0.5, 0.6) is 0 Å². The molecule has 0 aromatic heterocycles. The van der Waals surface area contributed by atoms with Crippen molar-refractivity contribution in [1.82, 2.24) is 0 Å². The molecule has 1 fully saturated rings. The summed E-state index contributed by atoms with van der Waals surface area (Å²) < 4.78 is 5.25. The van der Waals surface area contributed by atoms with Gasteiger partial charge in [-0.25, -0.2) is 4.79 Å². The minimum Gasteiger partial charge on any atom is -0.479 e. The summed E-state index contributed by atoms with van der Waals surface area (Å²) in [7, 11) is 0. The van der Waals surface area contributed by atoms with Crippen molar-refractivity contribution in [2.45, 2.75) is 44.8 Å². The fourth-order valence-corrected chi connectivity index (χ4v) is 2.35. The number of amides is 1. The number of aliphatic carboxylic acids is 1. The first kappa shape index (κ1) is 14.5. The van der Waals surface area contributed by atoms with Gasteiger partial charge in [0.05, 0.1) is 0 Å². The number of carboxylic acid groups (broad SMARTS) is 1. The van der Waals surface area contributed by atoms with Crippen LogP contribution in [0.25, 0.3) is 0 Å². The van der Waals surface area contributed by atoms with Crippen molar-refractivity contribution in [3.05, 3.63) is 29.8 Å². The lowest BCUT2D eigenvalue weighted by Crippen LogP contribution is -2.30. The maximum atomic E-state index is 12.1. The molecule has 5 heteroatoms. The van der Waals surface area contributed by atoms with E-state index in [1.807, 2.05) is 24.3 Å². The molecule has 108 valence electrons. The third-order valence-corrected chi connectivity index (χ3v) is 3.38. The molecule has 0 spiro atoms. The van der Waals surface area contributed by atoms with Crippen LogP contribution in [0.15, 0.2) is 24.3 Å². The molecule has 0 saturated carbocycles. The highest BCUT2D eigenvalue weighted by Crippen LogP contribution is 2.23. The molecule has 0 aliphatic carbocycles. The first-order chi connectivity index (χ1) is 9.61. The molecule has 1 aliphatic rings. The number of anilines is 1. The molecule has 1 aliphatic heterocycles. The molecule has 20 heavy (non-hydrogen) atoms. The number of aryl methyl sites for hydroxylation is 1. The summed E-state index contributed by atoms with van der Waals surface area (Å²) in [4.78, 5) is 22.9. The number of carboxylic acids is 1. The van der Waals surface area contributed by atoms with Crippen molar-refractivity contribution in [3.63, 3.8) is 0 Å². The zero-order valence-corrected chi connectivity index (χ0v) is 11.5. The van der Waals surface area contributed by atoms with Crippen LogP contribution in [0.3, 0.4) is 0 Å². The Bertz CT molecular complexity index is 500. The van der Waals surface area contributed by atoms with E-state index in [9.17, 15) is 9.59 Å². The lowest BCUT2D eigenvalue weighted by atomic mass is 10.1. The van der Waals surface area contributed by atoms with E-state index >= 15 is 0 Å². The number of rotatable bonds is 5. The summed E-state index contributed by atoms with van der Waals surface area (Å²) in [5, 5.41) is 11.7. The highest BCUT2D eigenvalue weighted by atomic mass is 16.5. The third-order valence-electron chi connectivity index (χ3n) is 3.38. The van der Waals surface area contributed by atoms with Crippen molar-refractivity contribution in [1.29, 1.82) is 0 Å². The quantitative estimate of drug-likeness (QED) is 0.865. The number of hydrogen-bond donors (Lipinski definition) is 2. The van der Waals surface area contributed by atoms with Crippen LogP contribution in [0, 0.1) is 0 Å². The van der Waals surface area contributed by atoms with Gasteiger partial charge in [0.15, 0.2) is 6.10 Å². The van der Waals surface area contributed by atoms with Crippen LogP contribution < -0.4 is 5.32 Å². The van der Waals surface area contributed by atoms with Gasteiger partial charge in [-0.15, -0.1) is 0 Å². The van der Waals surface area contributed by atoms with E-state index < -0.39 is 18.2 Å². The molecule has 0 bridgehead atoms. The predicted molar refractivity (Wildman–Crippen MR) is 74.6 cm³/mol. The second-order valence-electron chi connectivity index (χ2n) is 4.93. The third kappa shape index (κ3) is 3.36. The number of carbonyl (C=O) groups excluding carboxylic acids is 1. The highest BCUT2D eigenvalue weighted by molar-refractivity contribution is 5.95. The van der Waals surface area contributed by atoms with Gasteiger partial charge in [0.2, 0.25) is 0 Å². The van der Waals surface area contributed by atoms with Gasteiger partial charge in [-0.2, -0.15) is 0 Å². The lowest BCUT2D eigenvalue weighted by Gasteiger charge is -2.14. The Morgan fingerprint density at radius 3 is 2.65 bits per heavy atom. The van der Waals surface area contributed by atoms with Crippen LogP contribution in [0.4, 0.5) is 5.69 Å². The Balaban J connectivity index is 2.00. The van der Waals surface area contributed by atoms with Crippen molar-refractivity contribution in [2.24, 2.45) is 0 Å². The Morgan fingerprint density at radius 1 is 1.30 bits per heavy atom. The van der Waals surface area contributed by atoms with Gasteiger partial charge in [0, 0.05) is 5.69 Å². The minimum absolute atomic E-state index is 0.266. The molecule has 2 rings (SSSR count). The number of para-hydroxylation sites is 1. The van der Waals surface area contributed by atoms with Gasteiger partial charge in [0.1, 0.15) is 6.10 Å². The first-order valence-corrected chi connectivity index (χ1v) is 6.89. The maximum Gasteiger partial charge on any atom is 0.332 e. The standard InChI is InChI=1S/C15H19NO4/c1-2-5-10-6-3-4-7-11(10)16-14(17)12-8-9-13(20-12)15(18)19/h3-4,6-7,12-13H,2,5,8-9H2,1H3,(H,16,17)(H,18,19)/t12-,13+/m0/s1. The average Bonchev–Trinajstić information content (AvgIpc) is 2.91. The number of ether oxygens (including phenoxy) is 1. The van der Waals surface area contributed by atoms with Gasteiger partial charge in [0.25, 0.3) is 5.91 Å². The summed E-state index contributed by atoms with van der Waals surface area (Å²) in [5.74, 6) is -1.27. The number of hydrogen-bond acceptors (Lipinski definition) is 3. The zero-order valence-electron chi connectivity index (χ0n) is 11.5. The summed E-state index contributed by atoms with van der Waals surface area (Å²) in [6, 6.07) is 7.64. The molecule has 1 aromatic rings. The molecule has 2 N–H and O–H groups in total. The van der Waals surface area contributed by atoms with Gasteiger partial charge >= 0.3 is 5.97 Å². The maximum absolute atomic E-state index is 12.1. The van der Waals surface area contributed by atoms with Gasteiger partial charge < -0.3 is 15.2 Å². The Morgan fingerprint density at radius 2 is 2.00 bits per heavy atom. The van der Waals surface area contributed by atoms with Crippen molar-refractivity contribution < 1.29 is 19.4 Å². The fraction of sp³-hybridized carbons (Fsp3) is 0.467. The molecule has 1 saturated heterocycles. The second-order valence-corrected chi connectivity index (χ2v) is 4.93. The van der Waals surface area contributed by atoms with Gasteiger partial charge in [-0.1, -0.05) is 31.5 Å². The van der Waals surface area contributed by atoms with Crippen molar-refractivity contribution >= 4 is 17.6 Å². The van der Waals surface area contributed by atoms with Gasteiger partial charge in [-0.3, -0.25) is 4.79 Å². The SMILES string of the molecule is CCCc1ccccc1NC(=O)[C@@H]1CC[C@H](C(=O)O)O1. The topological polar surface area (TPSA) is 75.6 Å². The number of carbonyl (C=O) groups is 2. The summed E-state index contributed by atoms with van der Waals surface area (Å²) >= 11 is 0. The van der Waals surface area contributed by atoms with Crippen molar-refractivity contribution in [3.8, 4) is 0 Å². The molecule has 5 nitrogen and oxygen atoms in total. The van der Waals surface area contributed by atoms with Crippen molar-refractivity contribution in [2.75, 3.05) is 5.32 Å². The predicted octanol–water partition coefficient (Wildman–Crippen LogP) is 2.21. The highest BCUT2D eigenvalue weighted by Gasteiger charge is 2.34. The largest absolute Gasteiger partial charge is 0.479 e. The van der Waals surface area contributed by atoms with E-state index in [1.165, 1.54) is 0 Å². The van der Waals surface area contributed by atoms with Crippen LogP contribution in [-0.2, 0) is 20.7 Å². The van der Waals surface area contributed by atoms with E-state index in [-0.39, 0.29) is 5.91 Å². The number of benzene rings is 1. The van der Waals surface area contributed by atoms with Crippen LogP contribution in [-0.4, -0.2) is 29.2 Å². The first-order valence-electron chi connectivity index (χ1n) is 6.89. The smallest absolute Gasteiger partial charge is 0.332 e. The van der Waals surface area contributed by atoms with Crippen LogP contribution in [0.2, 0.25) is 0 Å². The van der Waals surface area contributed by atoms with E-state index in [4.69, 9.17) is 9.84 Å². The summed E-state index contributed by atoms with van der Waals surface area (Å²) in [6.07, 6.45) is 1.17. The average molecular weight is 277 g/mol. The molecular weight excluding hydrogens is 258 g/mol. The van der Waals surface area contributed by atoms with E-state index in [1.54, 1.807) is 0 Å². The molecule has 0 radical (unpaired) electrons. The molecule has 1 amide bonds. The monoisotopic (exact) mass is 277 g/mol. The number of nitrogens with one attached hydrogen (secondary N) is 1. The van der Waals surface area contributed by atoms with Crippen LogP contribution in [0.1, 0.15) is 31.7 Å². The minimum atomic E-state index is -1.01. The Kier molecular flexibility index (Phi) is 4.74. The normalized spacial score (nSPS) is 21.6. The Hall–Kier alpha value is -1.88. The second kappa shape index (κ2) is 6.52. The molecule has 2 atom stereocenters. The van der Waals surface area contributed by atoms with E-state index in [0.29, 0.717) is 12.8 Å². The van der Waals surface area contributed by atoms with Crippen LogP contribution >= 0.6 is 0 Å². The summed E-state index contributed by atoms with van der Waals surface area (Å²) in [6.45, 7) is 2.08.